The second-order valence-electron chi connectivity index (χ2n) is 6.68. The Morgan fingerprint density at radius 2 is 2.19 bits per heavy atom. The zero-order valence-corrected chi connectivity index (χ0v) is 13.9. The minimum absolute atomic E-state index is 0.0830. The second kappa shape index (κ2) is 7.07. The zero-order valence-electron chi connectivity index (χ0n) is 13.9. The molecule has 2 rings (SSSR count). The smallest absolute Gasteiger partial charge is 0.327 e. The number of carbonyl (C=O) groups is 1. The Labute approximate surface area is 128 Å². The van der Waals surface area contributed by atoms with Crippen LogP contribution >= 0.6 is 0 Å². The maximum Gasteiger partial charge on any atom is 0.327 e. The third kappa shape index (κ3) is 4.18. The average molecular weight is 298 g/mol. The van der Waals surface area contributed by atoms with E-state index in [0.717, 1.165) is 39.1 Å². The van der Waals surface area contributed by atoms with E-state index in [4.69, 9.17) is 9.47 Å². The molecule has 2 atom stereocenters. The summed E-state index contributed by atoms with van der Waals surface area (Å²) in [5.74, 6) is 0.317. The van der Waals surface area contributed by atoms with Gasteiger partial charge in [0.15, 0.2) is 0 Å². The highest BCUT2D eigenvalue weighted by Crippen LogP contribution is 2.41. The van der Waals surface area contributed by atoms with Crippen molar-refractivity contribution in [3.8, 4) is 0 Å². The van der Waals surface area contributed by atoms with E-state index >= 15 is 0 Å². The number of morpholine rings is 1. The average Bonchev–Trinajstić information content (AvgIpc) is 3.22. The highest BCUT2D eigenvalue weighted by Gasteiger charge is 2.53. The summed E-state index contributed by atoms with van der Waals surface area (Å²) in [6, 6.07) is 0.258. The first-order chi connectivity index (χ1) is 9.98. The van der Waals surface area contributed by atoms with E-state index in [0.29, 0.717) is 12.5 Å². The van der Waals surface area contributed by atoms with Gasteiger partial charge in [-0.05, 0) is 46.5 Å². The van der Waals surface area contributed by atoms with Crippen molar-refractivity contribution in [2.24, 2.45) is 5.92 Å². The summed E-state index contributed by atoms with van der Waals surface area (Å²) in [6.45, 7) is 11.8. The van der Waals surface area contributed by atoms with Gasteiger partial charge < -0.3 is 9.47 Å². The van der Waals surface area contributed by atoms with E-state index in [-0.39, 0.29) is 18.1 Å². The number of nitrogens with one attached hydrogen (secondary N) is 1. The molecule has 5 nitrogen and oxygen atoms in total. The van der Waals surface area contributed by atoms with Crippen LogP contribution in [0.2, 0.25) is 0 Å². The molecule has 1 aliphatic heterocycles. The first kappa shape index (κ1) is 16.7. The van der Waals surface area contributed by atoms with Gasteiger partial charge in [0.2, 0.25) is 0 Å². The third-order valence-corrected chi connectivity index (χ3v) is 4.26. The summed E-state index contributed by atoms with van der Waals surface area (Å²) in [6.07, 6.45) is 2.45. The lowest BCUT2D eigenvalue weighted by atomic mass is 9.90. The molecule has 0 amide bonds. The lowest BCUT2D eigenvalue weighted by Crippen LogP contribution is -2.64. The normalized spacial score (nSPS) is 26.6. The molecule has 5 heteroatoms. The molecule has 0 bridgehead atoms. The molecular formula is C16H30N2O3. The highest BCUT2D eigenvalue weighted by molar-refractivity contribution is 5.82. The fourth-order valence-corrected chi connectivity index (χ4v) is 3.32. The molecule has 1 saturated heterocycles. The first-order valence-electron chi connectivity index (χ1n) is 8.26. The fourth-order valence-electron chi connectivity index (χ4n) is 3.32. The Hall–Kier alpha value is -0.650. The monoisotopic (exact) mass is 298 g/mol. The van der Waals surface area contributed by atoms with Crippen molar-refractivity contribution in [2.45, 2.75) is 58.2 Å². The summed E-state index contributed by atoms with van der Waals surface area (Å²) in [5, 5.41) is 3.54. The van der Waals surface area contributed by atoms with Crippen LogP contribution in [0.1, 0.15) is 40.5 Å². The summed E-state index contributed by atoms with van der Waals surface area (Å²) in [7, 11) is 0. The molecule has 1 heterocycles. The number of ether oxygens (including phenoxy) is 2. The fraction of sp³-hybridized carbons (Fsp3) is 0.938. The number of carbonyl (C=O) groups excluding carboxylic acids is 1. The van der Waals surface area contributed by atoms with Crippen molar-refractivity contribution in [1.82, 2.24) is 10.2 Å². The minimum atomic E-state index is -0.554. The van der Waals surface area contributed by atoms with Crippen LogP contribution in [0.25, 0.3) is 0 Å². The van der Waals surface area contributed by atoms with Gasteiger partial charge in [0, 0.05) is 25.7 Å². The van der Waals surface area contributed by atoms with E-state index in [1.54, 1.807) is 0 Å². The Morgan fingerprint density at radius 1 is 1.48 bits per heavy atom. The van der Waals surface area contributed by atoms with Gasteiger partial charge in [-0.3, -0.25) is 10.2 Å². The molecule has 0 aromatic carbocycles. The van der Waals surface area contributed by atoms with Crippen molar-refractivity contribution in [1.29, 1.82) is 0 Å². The number of esters is 1. The number of hydrogen-bond acceptors (Lipinski definition) is 5. The molecular weight excluding hydrogens is 268 g/mol. The molecule has 0 spiro atoms. The molecule has 0 aromatic heterocycles. The molecule has 1 saturated carbocycles. The van der Waals surface area contributed by atoms with E-state index < -0.39 is 5.54 Å². The van der Waals surface area contributed by atoms with Crippen LogP contribution < -0.4 is 5.32 Å². The summed E-state index contributed by atoms with van der Waals surface area (Å²) < 4.78 is 11.0. The predicted octanol–water partition coefficient (Wildman–Crippen LogP) is 1.42. The SMILES string of the molecule is CCOC(=O)C(CN1CCOC(C)C1)(NC(C)C)C1CC1. The van der Waals surface area contributed by atoms with Crippen molar-refractivity contribution < 1.29 is 14.3 Å². The number of nitrogens with zero attached hydrogens (tertiary/aromatic N) is 1. The second-order valence-corrected chi connectivity index (χ2v) is 6.68. The summed E-state index contributed by atoms with van der Waals surface area (Å²) in [5.41, 5.74) is -0.554. The van der Waals surface area contributed by atoms with Gasteiger partial charge in [-0.15, -0.1) is 0 Å². The van der Waals surface area contributed by atoms with Crippen LogP contribution in [0.4, 0.5) is 0 Å². The Kier molecular flexibility index (Phi) is 5.63. The van der Waals surface area contributed by atoms with Gasteiger partial charge in [-0.25, -0.2) is 4.79 Å². The quantitative estimate of drug-likeness (QED) is 0.720. The molecule has 2 unspecified atom stereocenters. The van der Waals surface area contributed by atoms with Gasteiger partial charge in [-0.2, -0.15) is 0 Å². The van der Waals surface area contributed by atoms with E-state index in [2.05, 4.69) is 31.0 Å². The molecule has 122 valence electrons. The van der Waals surface area contributed by atoms with E-state index in [9.17, 15) is 4.79 Å². The van der Waals surface area contributed by atoms with Crippen molar-refractivity contribution in [3.05, 3.63) is 0 Å². The minimum Gasteiger partial charge on any atom is -0.465 e. The Morgan fingerprint density at radius 3 is 2.71 bits per heavy atom. The third-order valence-electron chi connectivity index (χ3n) is 4.26. The zero-order chi connectivity index (χ0) is 15.5. The molecule has 2 aliphatic rings. The van der Waals surface area contributed by atoms with Gasteiger partial charge >= 0.3 is 5.97 Å². The lowest BCUT2D eigenvalue weighted by Gasteiger charge is -2.41. The Bertz CT molecular complexity index is 357. The van der Waals surface area contributed by atoms with Gasteiger partial charge in [0.05, 0.1) is 19.3 Å². The lowest BCUT2D eigenvalue weighted by molar-refractivity contribution is -0.155. The van der Waals surface area contributed by atoms with Crippen LogP contribution in [-0.2, 0) is 14.3 Å². The van der Waals surface area contributed by atoms with Crippen LogP contribution in [0.3, 0.4) is 0 Å². The van der Waals surface area contributed by atoms with Crippen molar-refractivity contribution in [3.63, 3.8) is 0 Å². The molecule has 0 radical (unpaired) electrons. The highest BCUT2D eigenvalue weighted by atomic mass is 16.5. The topological polar surface area (TPSA) is 50.8 Å². The van der Waals surface area contributed by atoms with Crippen LogP contribution in [0, 0.1) is 5.92 Å². The van der Waals surface area contributed by atoms with Crippen LogP contribution in [0.15, 0.2) is 0 Å². The van der Waals surface area contributed by atoms with Crippen molar-refractivity contribution in [2.75, 3.05) is 32.8 Å². The molecule has 21 heavy (non-hydrogen) atoms. The van der Waals surface area contributed by atoms with Gasteiger partial charge in [-0.1, -0.05) is 0 Å². The molecule has 1 aliphatic carbocycles. The van der Waals surface area contributed by atoms with Crippen LogP contribution in [0.5, 0.6) is 0 Å². The number of hydrogen-bond donors (Lipinski definition) is 1. The molecule has 0 aromatic rings. The van der Waals surface area contributed by atoms with E-state index in [1.807, 2.05) is 6.92 Å². The largest absolute Gasteiger partial charge is 0.465 e. The summed E-state index contributed by atoms with van der Waals surface area (Å²) >= 11 is 0. The maximum atomic E-state index is 12.7. The standard InChI is InChI=1S/C16H30N2O3/c1-5-20-15(19)16(14-6-7-14,17-12(2)3)11-18-8-9-21-13(4)10-18/h12-14,17H,5-11H2,1-4H3. The van der Waals surface area contributed by atoms with Crippen LogP contribution in [-0.4, -0.2) is 61.4 Å². The molecule has 1 N–H and O–H groups in total. The Balaban J connectivity index is 2.14. The van der Waals surface area contributed by atoms with E-state index in [1.165, 1.54) is 0 Å². The molecule has 2 fully saturated rings. The van der Waals surface area contributed by atoms with Gasteiger partial charge in [0.1, 0.15) is 5.54 Å². The van der Waals surface area contributed by atoms with Crippen molar-refractivity contribution >= 4 is 5.97 Å². The summed E-state index contributed by atoms with van der Waals surface area (Å²) in [4.78, 5) is 15.0. The van der Waals surface area contributed by atoms with Gasteiger partial charge in [0.25, 0.3) is 0 Å². The predicted molar refractivity (Wildman–Crippen MR) is 82.2 cm³/mol. The maximum absolute atomic E-state index is 12.7. The number of rotatable bonds is 7. The first-order valence-corrected chi connectivity index (χ1v) is 8.26.